The van der Waals surface area contributed by atoms with Crippen molar-refractivity contribution in [2.45, 2.75) is 20.3 Å². The molecule has 0 atom stereocenters. The van der Waals surface area contributed by atoms with Crippen molar-refractivity contribution in [1.82, 2.24) is 0 Å². The van der Waals surface area contributed by atoms with E-state index in [0.29, 0.717) is 5.57 Å². The number of nitrogens with zero attached hydrogens (tertiary/aromatic N) is 1. The van der Waals surface area contributed by atoms with Crippen LogP contribution >= 0.6 is 0 Å². The van der Waals surface area contributed by atoms with Crippen molar-refractivity contribution in [3.63, 3.8) is 0 Å². The summed E-state index contributed by atoms with van der Waals surface area (Å²) in [6, 6.07) is 0. The van der Waals surface area contributed by atoms with E-state index in [4.69, 9.17) is 0 Å². The Kier molecular flexibility index (Phi) is 5.68. The molecule has 2 nitrogen and oxygen atoms in total. The van der Waals surface area contributed by atoms with Crippen LogP contribution in [0.3, 0.4) is 0 Å². The fourth-order valence-electron chi connectivity index (χ4n) is 0.685. The van der Waals surface area contributed by atoms with Gasteiger partial charge in [0.1, 0.15) is 5.83 Å². The van der Waals surface area contributed by atoms with Crippen molar-refractivity contribution >= 4 is 0 Å². The maximum atomic E-state index is 13.1. The smallest absolute Gasteiger partial charge is 0.126 e. The van der Waals surface area contributed by atoms with Crippen LogP contribution in [0.25, 0.3) is 0 Å². The Morgan fingerprint density at radius 1 is 1.62 bits per heavy atom. The molecule has 0 N–H and O–H groups in total. The summed E-state index contributed by atoms with van der Waals surface area (Å²) in [5, 5.41) is 2.64. The molecule has 0 rings (SSSR count). The first-order valence-electron chi connectivity index (χ1n) is 4.09. The molecule has 0 aliphatic carbocycles. The molecule has 13 heavy (non-hydrogen) atoms. The third kappa shape index (κ3) is 5.06. The number of hydrogen-bond donors (Lipinski definition) is 0. The van der Waals surface area contributed by atoms with Gasteiger partial charge in [-0.2, -0.15) is 4.91 Å². The molecular formula is C10H14FNO. The maximum Gasteiger partial charge on any atom is 0.126 e. The predicted octanol–water partition coefficient (Wildman–Crippen LogP) is 3.52. The zero-order valence-corrected chi connectivity index (χ0v) is 8.01. The van der Waals surface area contributed by atoms with Gasteiger partial charge in [0.15, 0.2) is 0 Å². The van der Waals surface area contributed by atoms with Gasteiger partial charge in [0.25, 0.3) is 0 Å². The highest BCUT2D eigenvalue weighted by molar-refractivity contribution is 5.29. The molecule has 0 aliphatic rings. The van der Waals surface area contributed by atoms with Gasteiger partial charge in [-0.3, -0.25) is 0 Å². The first-order chi connectivity index (χ1) is 6.11. The third-order valence-corrected chi connectivity index (χ3v) is 1.65. The van der Waals surface area contributed by atoms with Crippen LogP contribution in [-0.2, 0) is 0 Å². The lowest BCUT2D eigenvalue weighted by atomic mass is 10.1. The van der Waals surface area contributed by atoms with Crippen LogP contribution in [0.1, 0.15) is 20.3 Å². The molecule has 0 aromatic carbocycles. The lowest BCUT2D eigenvalue weighted by Gasteiger charge is -1.99. The molecule has 0 radical (unpaired) electrons. The van der Waals surface area contributed by atoms with Gasteiger partial charge in [-0.05, 0) is 31.9 Å². The number of halogens is 1. The first-order valence-corrected chi connectivity index (χ1v) is 4.09. The summed E-state index contributed by atoms with van der Waals surface area (Å²) in [5.74, 6) is -0.376. The van der Waals surface area contributed by atoms with Crippen molar-refractivity contribution in [3.05, 3.63) is 40.6 Å². The number of allylic oxidation sites excluding steroid dienone is 4. The summed E-state index contributed by atoms with van der Waals surface area (Å²) in [6.45, 7) is 7.21. The minimum Gasteiger partial charge on any atom is -0.207 e. The summed E-state index contributed by atoms with van der Waals surface area (Å²) < 4.78 is 13.1. The Hall–Kier alpha value is -1.25. The van der Waals surface area contributed by atoms with Crippen LogP contribution in [0.2, 0.25) is 0 Å². The Morgan fingerprint density at radius 2 is 2.23 bits per heavy atom. The van der Waals surface area contributed by atoms with E-state index in [2.05, 4.69) is 11.8 Å². The average molecular weight is 183 g/mol. The quantitative estimate of drug-likeness (QED) is 0.473. The summed E-state index contributed by atoms with van der Waals surface area (Å²) in [4.78, 5) is 9.77. The maximum absolute atomic E-state index is 13.1. The molecule has 0 aromatic heterocycles. The molecule has 0 aliphatic heterocycles. The minimum absolute atomic E-state index is 0.0784. The third-order valence-electron chi connectivity index (χ3n) is 1.65. The van der Waals surface area contributed by atoms with Gasteiger partial charge in [-0.1, -0.05) is 23.4 Å². The average Bonchev–Trinajstić information content (AvgIpc) is 2.13. The highest BCUT2D eigenvalue weighted by Crippen LogP contribution is 2.15. The highest BCUT2D eigenvalue weighted by atomic mass is 19.1. The second kappa shape index (κ2) is 6.29. The molecule has 0 bridgehead atoms. The van der Waals surface area contributed by atoms with Gasteiger partial charge >= 0.3 is 0 Å². The van der Waals surface area contributed by atoms with Gasteiger partial charge in [0.05, 0.1) is 6.54 Å². The van der Waals surface area contributed by atoms with Crippen molar-refractivity contribution in [2.24, 2.45) is 5.18 Å². The molecule has 3 heteroatoms. The lowest BCUT2D eigenvalue weighted by molar-refractivity contribution is 0.639. The topological polar surface area (TPSA) is 29.4 Å². The number of hydrogen-bond acceptors (Lipinski definition) is 2. The van der Waals surface area contributed by atoms with Gasteiger partial charge in [-0.15, -0.1) is 0 Å². The number of nitroso groups, excluding NO2 is 1. The van der Waals surface area contributed by atoms with E-state index in [1.54, 1.807) is 13.0 Å². The monoisotopic (exact) mass is 183 g/mol. The van der Waals surface area contributed by atoms with Crippen LogP contribution in [-0.4, -0.2) is 6.54 Å². The fraction of sp³-hybridized carbons (Fsp3) is 0.400. The molecule has 72 valence electrons. The molecule has 0 fully saturated rings. The standard InChI is InChI=1S/C10H14FNO/c1-4-8(2)7-10(11)9(3)5-6-12-13/h4,7H,3,5-6H2,1-2H3/b8-4-,10-7+. The van der Waals surface area contributed by atoms with Gasteiger partial charge in [-0.25, -0.2) is 4.39 Å². The SMILES string of the molecule is C=C(CCN=O)/C(F)=C\C(C)=C/C. The Bertz CT molecular complexity index is 254. The largest absolute Gasteiger partial charge is 0.207 e. The summed E-state index contributed by atoms with van der Waals surface area (Å²) in [5.41, 5.74) is 1.15. The van der Waals surface area contributed by atoms with E-state index in [0.717, 1.165) is 5.57 Å². The van der Waals surface area contributed by atoms with Crippen LogP contribution in [0.5, 0.6) is 0 Å². The minimum atomic E-state index is -0.376. The zero-order valence-electron chi connectivity index (χ0n) is 8.01. The fourth-order valence-corrected chi connectivity index (χ4v) is 0.685. The van der Waals surface area contributed by atoms with Crippen LogP contribution in [0.4, 0.5) is 4.39 Å². The van der Waals surface area contributed by atoms with E-state index < -0.39 is 0 Å². The number of rotatable bonds is 5. The van der Waals surface area contributed by atoms with Crippen molar-refractivity contribution < 1.29 is 4.39 Å². The molecule has 0 saturated heterocycles. The zero-order chi connectivity index (χ0) is 10.3. The van der Waals surface area contributed by atoms with Gasteiger partial charge in [0, 0.05) is 0 Å². The van der Waals surface area contributed by atoms with E-state index in [9.17, 15) is 9.30 Å². The van der Waals surface area contributed by atoms with Crippen LogP contribution in [0.15, 0.2) is 40.9 Å². The first kappa shape index (κ1) is 11.8. The second-order valence-electron chi connectivity index (χ2n) is 2.73. The van der Waals surface area contributed by atoms with Gasteiger partial charge in [0.2, 0.25) is 0 Å². The Morgan fingerprint density at radius 3 is 2.69 bits per heavy atom. The Labute approximate surface area is 77.8 Å². The van der Waals surface area contributed by atoms with Crippen molar-refractivity contribution in [2.75, 3.05) is 6.54 Å². The molecule has 0 amide bonds. The molecular weight excluding hydrogens is 169 g/mol. The molecule has 0 saturated carbocycles. The predicted molar refractivity (Wildman–Crippen MR) is 53.0 cm³/mol. The van der Waals surface area contributed by atoms with E-state index >= 15 is 0 Å². The van der Waals surface area contributed by atoms with E-state index in [1.807, 2.05) is 6.92 Å². The molecule has 0 spiro atoms. The van der Waals surface area contributed by atoms with Crippen LogP contribution in [0, 0.1) is 4.91 Å². The molecule has 0 unspecified atom stereocenters. The molecule has 0 aromatic rings. The van der Waals surface area contributed by atoms with Crippen LogP contribution < -0.4 is 0 Å². The summed E-state index contributed by atoms with van der Waals surface area (Å²) in [7, 11) is 0. The Balaban J connectivity index is 4.24. The van der Waals surface area contributed by atoms with Gasteiger partial charge < -0.3 is 0 Å². The van der Waals surface area contributed by atoms with Crippen molar-refractivity contribution in [1.29, 1.82) is 0 Å². The summed E-state index contributed by atoms with van der Waals surface area (Å²) in [6.07, 6.45) is 3.47. The van der Waals surface area contributed by atoms with E-state index in [1.165, 1.54) is 6.08 Å². The summed E-state index contributed by atoms with van der Waals surface area (Å²) >= 11 is 0. The normalized spacial score (nSPS) is 12.8. The van der Waals surface area contributed by atoms with Crippen molar-refractivity contribution in [3.8, 4) is 0 Å². The van der Waals surface area contributed by atoms with E-state index in [-0.39, 0.29) is 18.8 Å². The second-order valence-corrected chi connectivity index (χ2v) is 2.73. The highest BCUT2D eigenvalue weighted by Gasteiger charge is 2.01. The molecule has 0 heterocycles. The lowest BCUT2D eigenvalue weighted by Crippen LogP contribution is -1.86.